The molecule has 0 spiro atoms. The molecule has 0 aliphatic carbocycles. The lowest BCUT2D eigenvalue weighted by Crippen LogP contribution is -2.38. The molecule has 9 heteroatoms. The summed E-state index contributed by atoms with van der Waals surface area (Å²) in [5, 5.41) is 1.98. The SMILES string of the molecule is CCc1cccc(/N=C(/C(=C\N)NC(=O)OC(C)(C)C)C(F)(F)F)n1.[HH]. The predicted molar refractivity (Wildman–Crippen MR) is 90.5 cm³/mol. The Labute approximate surface area is 145 Å². The van der Waals surface area contributed by atoms with Crippen molar-refractivity contribution < 1.29 is 24.1 Å². The van der Waals surface area contributed by atoms with E-state index < -0.39 is 29.3 Å². The topological polar surface area (TPSA) is 89.6 Å². The zero-order valence-electron chi connectivity index (χ0n) is 14.4. The average molecular weight is 360 g/mol. The van der Waals surface area contributed by atoms with Crippen molar-refractivity contribution in [2.45, 2.75) is 45.9 Å². The number of hydrogen-bond donors (Lipinski definition) is 2. The number of aliphatic imine (C=N–C) groups is 1. The Morgan fingerprint density at radius 3 is 2.52 bits per heavy atom. The number of nitrogens with one attached hydrogen (secondary N) is 1. The van der Waals surface area contributed by atoms with Gasteiger partial charge in [0.05, 0.1) is 5.70 Å². The van der Waals surface area contributed by atoms with Gasteiger partial charge < -0.3 is 10.5 Å². The molecular formula is C16H23F3N4O2. The number of nitrogens with two attached hydrogens (primary N) is 1. The van der Waals surface area contributed by atoms with Crippen molar-refractivity contribution in [3.05, 3.63) is 35.8 Å². The van der Waals surface area contributed by atoms with Gasteiger partial charge in [0.2, 0.25) is 0 Å². The van der Waals surface area contributed by atoms with Gasteiger partial charge in [0.25, 0.3) is 0 Å². The van der Waals surface area contributed by atoms with Crippen LogP contribution in [0.5, 0.6) is 0 Å². The lowest BCUT2D eigenvalue weighted by molar-refractivity contribution is -0.0584. The standard InChI is InChI=1S/C16H21F3N4O2.H2/c1-5-10-7-6-8-12(21-10)23-13(16(17,18)19)11(9-20)22-14(24)25-15(2,3)4;/h6-9H,5,20H2,1-4H3,(H,22,24);1H/b11-9+,23-13-;. The third-order valence-corrected chi connectivity index (χ3v) is 2.71. The Kier molecular flexibility index (Phi) is 6.55. The van der Waals surface area contributed by atoms with Gasteiger partial charge in [-0.25, -0.2) is 14.8 Å². The maximum Gasteiger partial charge on any atom is 0.435 e. The number of pyridine rings is 1. The molecule has 1 heterocycles. The van der Waals surface area contributed by atoms with Crippen molar-refractivity contribution in [3.8, 4) is 0 Å². The normalized spacial score (nSPS) is 13.6. The maximum absolute atomic E-state index is 13.4. The highest BCUT2D eigenvalue weighted by Gasteiger charge is 2.39. The van der Waals surface area contributed by atoms with E-state index in [1.165, 1.54) is 6.07 Å². The number of carbonyl (C=O) groups is 1. The van der Waals surface area contributed by atoms with Gasteiger partial charge in [-0.3, -0.25) is 5.32 Å². The molecule has 0 aliphatic heterocycles. The second-order valence-corrected chi connectivity index (χ2v) is 6.01. The number of rotatable bonds is 4. The highest BCUT2D eigenvalue weighted by molar-refractivity contribution is 6.06. The molecule has 25 heavy (non-hydrogen) atoms. The summed E-state index contributed by atoms with van der Waals surface area (Å²) in [5.74, 6) is -0.142. The molecular weight excluding hydrogens is 337 g/mol. The summed E-state index contributed by atoms with van der Waals surface area (Å²) in [7, 11) is 0. The molecule has 0 radical (unpaired) electrons. The first-order valence-corrected chi connectivity index (χ1v) is 7.50. The van der Waals surface area contributed by atoms with Crippen molar-refractivity contribution in [2.24, 2.45) is 10.7 Å². The largest absolute Gasteiger partial charge is 0.444 e. The third kappa shape index (κ3) is 6.82. The number of allylic oxidation sites excluding steroid dienone is 1. The van der Waals surface area contributed by atoms with E-state index in [1.807, 2.05) is 12.2 Å². The van der Waals surface area contributed by atoms with Crippen LogP contribution in [0.2, 0.25) is 0 Å². The molecule has 0 unspecified atom stereocenters. The second kappa shape index (κ2) is 8.00. The van der Waals surface area contributed by atoms with Gasteiger partial charge in [0, 0.05) is 13.3 Å². The first-order valence-electron chi connectivity index (χ1n) is 7.50. The smallest absolute Gasteiger partial charge is 0.435 e. The molecule has 0 fully saturated rings. The van der Waals surface area contributed by atoms with Crippen LogP contribution in [0.3, 0.4) is 0 Å². The Morgan fingerprint density at radius 2 is 2.04 bits per heavy atom. The van der Waals surface area contributed by atoms with Gasteiger partial charge in [-0.2, -0.15) is 13.2 Å². The first kappa shape index (κ1) is 20.5. The van der Waals surface area contributed by atoms with Crippen LogP contribution in [0, 0.1) is 0 Å². The predicted octanol–water partition coefficient (Wildman–Crippen LogP) is 3.85. The van der Waals surface area contributed by atoms with E-state index in [2.05, 4.69) is 9.98 Å². The van der Waals surface area contributed by atoms with Crippen LogP contribution in [0.1, 0.15) is 34.8 Å². The molecule has 0 bridgehead atoms. The highest BCUT2D eigenvalue weighted by Crippen LogP contribution is 2.24. The van der Waals surface area contributed by atoms with Crippen LogP contribution in [0.4, 0.5) is 23.8 Å². The van der Waals surface area contributed by atoms with Gasteiger partial charge in [0.15, 0.2) is 11.5 Å². The van der Waals surface area contributed by atoms with E-state index in [-0.39, 0.29) is 7.24 Å². The number of carbonyl (C=O) groups excluding carboxylic acids is 1. The van der Waals surface area contributed by atoms with Crippen molar-refractivity contribution >= 4 is 17.6 Å². The molecule has 1 aromatic heterocycles. The summed E-state index contributed by atoms with van der Waals surface area (Å²) in [5.41, 5.74) is 2.87. The summed E-state index contributed by atoms with van der Waals surface area (Å²) in [4.78, 5) is 19.3. The Morgan fingerprint density at radius 1 is 1.40 bits per heavy atom. The van der Waals surface area contributed by atoms with Gasteiger partial charge >= 0.3 is 12.3 Å². The zero-order chi connectivity index (χ0) is 19.3. The van der Waals surface area contributed by atoms with E-state index in [4.69, 9.17) is 10.5 Å². The summed E-state index contributed by atoms with van der Waals surface area (Å²) in [6.45, 7) is 6.56. The molecule has 0 atom stereocenters. The quantitative estimate of drug-likeness (QED) is 0.798. The summed E-state index contributed by atoms with van der Waals surface area (Å²) in [6, 6.07) is 4.54. The molecule has 0 saturated heterocycles. The van der Waals surface area contributed by atoms with Crippen LogP contribution in [-0.4, -0.2) is 28.6 Å². The van der Waals surface area contributed by atoms with Crippen LogP contribution in [0.15, 0.2) is 35.1 Å². The number of aryl methyl sites for hydroxylation is 1. The van der Waals surface area contributed by atoms with E-state index in [1.54, 1.807) is 32.9 Å². The Hall–Kier alpha value is -2.58. The molecule has 6 nitrogen and oxygen atoms in total. The molecule has 140 valence electrons. The summed E-state index contributed by atoms with van der Waals surface area (Å²) < 4.78 is 45.0. The average Bonchev–Trinajstić information content (AvgIpc) is 2.48. The van der Waals surface area contributed by atoms with Gasteiger partial charge in [-0.15, -0.1) is 0 Å². The fourth-order valence-electron chi connectivity index (χ4n) is 1.71. The molecule has 0 aliphatic rings. The Bertz CT molecular complexity index is 683. The van der Waals surface area contributed by atoms with Gasteiger partial charge in [0.1, 0.15) is 5.60 Å². The molecule has 1 amide bonds. The number of aromatic nitrogens is 1. The molecule has 1 aromatic rings. The van der Waals surface area contributed by atoms with Crippen LogP contribution < -0.4 is 11.1 Å². The van der Waals surface area contributed by atoms with Gasteiger partial charge in [-0.05, 0) is 39.3 Å². The number of ether oxygens (including phenoxy) is 1. The molecule has 0 saturated carbocycles. The maximum atomic E-state index is 13.4. The molecule has 0 aromatic carbocycles. The van der Waals surface area contributed by atoms with E-state index in [0.717, 1.165) is 0 Å². The number of alkyl carbamates (subject to hydrolysis) is 1. The number of amides is 1. The van der Waals surface area contributed by atoms with Crippen LogP contribution in [0.25, 0.3) is 0 Å². The van der Waals surface area contributed by atoms with Crippen molar-refractivity contribution in [3.63, 3.8) is 0 Å². The molecule has 3 N–H and O–H groups in total. The monoisotopic (exact) mass is 360 g/mol. The van der Waals surface area contributed by atoms with Crippen molar-refractivity contribution in [1.29, 1.82) is 0 Å². The van der Waals surface area contributed by atoms with Crippen LogP contribution >= 0.6 is 0 Å². The lowest BCUT2D eigenvalue weighted by Gasteiger charge is -2.21. The minimum absolute atomic E-state index is 0. The zero-order valence-corrected chi connectivity index (χ0v) is 14.4. The number of alkyl halides is 3. The number of halogens is 3. The number of nitrogens with zero attached hydrogens (tertiary/aromatic N) is 2. The minimum atomic E-state index is -4.86. The summed E-state index contributed by atoms with van der Waals surface area (Å²) >= 11 is 0. The van der Waals surface area contributed by atoms with E-state index >= 15 is 0 Å². The first-order chi connectivity index (χ1) is 11.5. The Balaban J connectivity index is 0.00000625. The third-order valence-electron chi connectivity index (χ3n) is 2.71. The highest BCUT2D eigenvalue weighted by atomic mass is 19.4. The van der Waals surface area contributed by atoms with Gasteiger partial charge in [-0.1, -0.05) is 13.0 Å². The van der Waals surface area contributed by atoms with Crippen molar-refractivity contribution in [2.75, 3.05) is 0 Å². The van der Waals surface area contributed by atoms with E-state index in [9.17, 15) is 18.0 Å². The minimum Gasteiger partial charge on any atom is -0.444 e. The van der Waals surface area contributed by atoms with E-state index in [0.29, 0.717) is 18.3 Å². The number of hydrogen-bond acceptors (Lipinski definition) is 5. The lowest BCUT2D eigenvalue weighted by atomic mass is 10.2. The fraction of sp³-hybridized carbons (Fsp3) is 0.438. The molecule has 1 rings (SSSR count). The van der Waals surface area contributed by atoms with Crippen LogP contribution in [-0.2, 0) is 11.2 Å². The van der Waals surface area contributed by atoms with Crippen molar-refractivity contribution in [1.82, 2.24) is 10.3 Å². The second-order valence-electron chi connectivity index (χ2n) is 6.01. The fourth-order valence-corrected chi connectivity index (χ4v) is 1.71. The summed E-state index contributed by atoms with van der Waals surface area (Å²) in [6.07, 6.45) is -4.78.